The fourth-order valence-corrected chi connectivity index (χ4v) is 3.47. The molecule has 13 heteroatoms. The summed E-state index contributed by atoms with van der Waals surface area (Å²) in [5.41, 5.74) is 5.38. The largest absolute Gasteiger partial charge is 0.476 e. The van der Waals surface area contributed by atoms with Crippen LogP contribution >= 0.6 is 11.6 Å². The van der Waals surface area contributed by atoms with E-state index in [1.54, 1.807) is 0 Å². The number of carbonyl (C=O) groups excluding carboxylic acids is 4. The summed E-state index contributed by atoms with van der Waals surface area (Å²) in [6.45, 7) is 1.96. The molecule has 2 heterocycles. The van der Waals surface area contributed by atoms with Gasteiger partial charge in [-0.2, -0.15) is 0 Å². The fraction of sp³-hybridized carbons (Fsp3) is 0.500. The number of pyridine rings is 1. The molecule has 1 unspecified atom stereocenters. The van der Waals surface area contributed by atoms with E-state index < -0.39 is 42.2 Å². The van der Waals surface area contributed by atoms with Gasteiger partial charge in [0, 0.05) is 26.2 Å². The Hall–Kier alpha value is -3.25. The van der Waals surface area contributed by atoms with Gasteiger partial charge in [-0.3, -0.25) is 14.4 Å². The van der Waals surface area contributed by atoms with Gasteiger partial charge in [-0.25, -0.2) is 19.5 Å². The van der Waals surface area contributed by atoms with Crippen LogP contribution in [-0.2, 0) is 23.9 Å². The lowest BCUT2D eigenvalue weighted by atomic mass is 10.1. The first kappa shape index (κ1) is 26.0. The molecule has 1 aromatic rings. The Morgan fingerprint density at radius 3 is 2.45 bits per heavy atom. The number of hydrogen-bond acceptors (Lipinski definition) is 9. The van der Waals surface area contributed by atoms with Crippen LogP contribution in [-0.4, -0.2) is 81.7 Å². The average molecular weight is 485 g/mol. The number of aliphatic carboxylic acids is 1. The molecule has 1 aromatic heterocycles. The number of halogens is 1. The number of carbonyl (C=O) groups is 5. The van der Waals surface area contributed by atoms with Gasteiger partial charge in [0.1, 0.15) is 11.2 Å². The summed E-state index contributed by atoms with van der Waals surface area (Å²) in [6, 6.07) is 1.34. The maximum absolute atomic E-state index is 13.3. The summed E-state index contributed by atoms with van der Waals surface area (Å²) in [5.74, 6) is -4.36. The molecule has 1 aliphatic heterocycles. The molecule has 3 amide bonds. The van der Waals surface area contributed by atoms with Crippen molar-refractivity contribution in [1.82, 2.24) is 14.8 Å². The quantitative estimate of drug-likeness (QED) is 0.293. The molecule has 0 bridgehead atoms. The lowest BCUT2D eigenvalue weighted by Gasteiger charge is -2.32. The van der Waals surface area contributed by atoms with Crippen molar-refractivity contribution >= 4 is 41.4 Å². The maximum atomic E-state index is 13.3. The van der Waals surface area contributed by atoms with Gasteiger partial charge >= 0.3 is 24.3 Å². The summed E-state index contributed by atoms with van der Waals surface area (Å²) >= 11 is 6.02. The Labute approximate surface area is 194 Å². The minimum atomic E-state index is -2.33. The highest BCUT2D eigenvalue weighted by Gasteiger charge is 2.41. The molecule has 0 spiro atoms. The number of ether oxygens (including phenoxy) is 2. The molecular weight excluding hydrogens is 460 g/mol. The molecule has 0 saturated carbocycles. The van der Waals surface area contributed by atoms with E-state index in [1.165, 1.54) is 23.2 Å². The number of nitrogens with zero attached hydrogens (tertiary/aromatic N) is 3. The number of carboxylic acid groups (broad SMARTS) is 1. The van der Waals surface area contributed by atoms with Crippen molar-refractivity contribution in [3.8, 4) is 0 Å². The lowest BCUT2D eigenvalue weighted by molar-refractivity contribution is -0.186. The number of hydrogen-bond donors (Lipinski definition) is 2. The zero-order valence-electron chi connectivity index (χ0n) is 17.9. The molecule has 2 atom stereocenters. The number of rotatable bonds is 9. The number of aromatic nitrogens is 1. The molecule has 1 fully saturated rings. The number of likely N-dealkylation sites (tertiary alicyclic amines) is 1. The van der Waals surface area contributed by atoms with Gasteiger partial charge in [-0.15, -0.1) is 0 Å². The maximum Gasteiger partial charge on any atom is 0.421 e. The number of amides is 3. The van der Waals surface area contributed by atoms with E-state index in [9.17, 15) is 29.1 Å². The van der Waals surface area contributed by atoms with Crippen molar-refractivity contribution in [2.45, 2.75) is 44.9 Å². The Kier molecular flexibility index (Phi) is 9.55. The van der Waals surface area contributed by atoms with Gasteiger partial charge in [0.25, 0.3) is 5.91 Å². The van der Waals surface area contributed by atoms with Crippen LogP contribution < -0.4 is 5.73 Å². The first-order chi connectivity index (χ1) is 15.7. The van der Waals surface area contributed by atoms with Crippen molar-refractivity contribution in [2.75, 3.05) is 19.6 Å². The zero-order valence-corrected chi connectivity index (χ0v) is 18.7. The second-order valence-electron chi connectivity index (χ2n) is 7.16. The number of imide groups is 1. The second-order valence-corrected chi connectivity index (χ2v) is 7.52. The molecule has 2 rings (SSSR count). The normalized spacial score (nSPS) is 14.8. The van der Waals surface area contributed by atoms with Crippen LogP contribution in [0.25, 0.3) is 0 Å². The van der Waals surface area contributed by atoms with Crippen LogP contribution in [0.15, 0.2) is 18.3 Å². The van der Waals surface area contributed by atoms with E-state index >= 15 is 0 Å². The van der Waals surface area contributed by atoms with Crippen molar-refractivity contribution in [3.63, 3.8) is 0 Å². The third-order valence-corrected chi connectivity index (χ3v) is 5.08. The van der Waals surface area contributed by atoms with E-state index in [2.05, 4.69) is 9.72 Å². The minimum absolute atomic E-state index is 0.00411. The van der Waals surface area contributed by atoms with E-state index in [-0.39, 0.29) is 30.1 Å². The molecule has 0 radical (unpaired) electrons. The molecule has 12 nitrogen and oxygen atoms in total. The van der Waals surface area contributed by atoms with Gasteiger partial charge in [0.15, 0.2) is 0 Å². The second kappa shape index (κ2) is 12.1. The SMILES string of the molecule is CC(=O)OC(OC(=O)N(C(=O)c1cccnc1Cl)[C@@H](CCCN)C(=O)N1CCCC1)C(=O)O. The van der Waals surface area contributed by atoms with Gasteiger partial charge in [-0.1, -0.05) is 11.6 Å². The Morgan fingerprint density at radius 2 is 1.91 bits per heavy atom. The predicted molar refractivity (Wildman–Crippen MR) is 113 cm³/mol. The smallest absolute Gasteiger partial charge is 0.421 e. The van der Waals surface area contributed by atoms with Crippen LogP contribution in [0.5, 0.6) is 0 Å². The average Bonchev–Trinajstić information content (AvgIpc) is 3.30. The standard InChI is InChI=1S/C20H25ClN4O8/c1-12(26)32-19(18(29)30)33-20(31)25(16(27)13-6-5-9-23-15(13)21)14(7-4-8-22)17(28)24-10-2-3-11-24/h5-6,9,14,19H,2-4,7-8,10-11,22H2,1H3,(H,29,30)/t14-,19?/m0/s1. The summed E-state index contributed by atoms with van der Waals surface area (Å²) < 4.78 is 9.29. The summed E-state index contributed by atoms with van der Waals surface area (Å²) in [6.07, 6.45) is -0.713. The summed E-state index contributed by atoms with van der Waals surface area (Å²) in [7, 11) is 0. The van der Waals surface area contributed by atoms with Crippen LogP contribution in [0.1, 0.15) is 43.0 Å². The molecule has 33 heavy (non-hydrogen) atoms. The summed E-state index contributed by atoms with van der Waals surface area (Å²) in [5, 5.41) is 9.00. The molecule has 0 aromatic carbocycles. The zero-order chi connectivity index (χ0) is 24.5. The van der Waals surface area contributed by atoms with Crippen LogP contribution in [0.3, 0.4) is 0 Å². The van der Waals surface area contributed by atoms with Crippen LogP contribution in [0, 0.1) is 0 Å². The Bertz CT molecular complexity index is 906. The van der Waals surface area contributed by atoms with Crippen molar-refractivity contribution < 1.29 is 38.6 Å². The first-order valence-corrected chi connectivity index (χ1v) is 10.6. The molecule has 1 aliphatic rings. The third-order valence-electron chi connectivity index (χ3n) is 4.78. The number of esters is 1. The Morgan fingerprint density at radius 1 is 1.24 bits per heavy atom. The van der Waals surface area contributed by atoms with E-state index in [0.29, 0.717) is 18.0 Å². The van der Waals surface area contributed by atoms with E-state index in [4.69, 9.17) is 22.1 Å². The lowest BCUT2D eigenvalue weighted by Crippen LogP contribution is -2.54. The van der Waals surface area contributed by atoms with Crippen LogP contribution in [0.4, 0.5) is 4.79 Å². The monoisotopic (exact) mass is 484 g/mol. The fourth-order valence-electron chi connectivity index (χ4n) is 3.27. The predicted octanol–water partition coefficient (Wildman–Crippen LogP) is 1.02. The summed E-state index contributed by atoms with van der Waals surface area (Å²) in [4.78, 5) is 68.0. The number of carboxylic acids is 1. The van der Waals surface area contributed by atoms with Crippen molar-refractivity contribution in [2.24, 2.45) is 5.73 Å². The van der Waals surface area contributed by atoms with E-state index in [0.717, 1.165) is 19.8 Å². The van der Waals surface area contributed by atoms with Crippen LogP contribution in [0.2, 0.25) is 5.15 Å². The molecule has 0 aliphatic carbocycles. The van der Waals surface area contributed by atoms with Crippen molar-refractivity contribution in [3.05, 3.63) is 29.0 Å². The highest BCUT2D eigenvalue weighted by molar-refractivity contribution is 6.33. The topological polar surface area (TPSA) is 169 Å². The number of nitrogens with two attached hydrogens (primary N) is 1. The molecule has 180 valence electrons. The first-order valence-electron chi connectivity index (χ1n) is 10.2. The Balaban J connectivity index is 2.48. The minimum Gasteiger partial charge on any atom is -0.476 e. The molecule has 3 N–H and O–H groups in total. The van der Waals surface area contributed by atoms with E-state index in [1.807, 2.05) is 0 Å². The molecular formula is C20H25ClN4O8. The van der Waals surface area contributed by atoms with Crippen molar-refractivity contribution in [1.29, 1.82) is 0 Å². The third kappa shape index (κ3) is 6.86. The van der Waals surface area contributed by atoms with Gasteiger partial charge in [0.05, 0.1) is 5.56 Å². The van der Waals surface area contributed by atoms with Gasteiger partial charge in [0.2, 0.25) is 5.91 Å². The van der Waals surface area contributed by atoms with Gasteiger partial charge in [-0.05, 0) is 44.4 Å². The highest BCUT2D eigenvalue weighted by atomic mass is 35.5. The molecule has 1 saturated heterocycles. The highest BCUT2D eigenvalue weighted by Crippen LogP contribution is 2.22. The van der Waals surface area contributed by atoms with Gasteiger partial charge < -0.3 is 25.2 Å².